The minimum Gasteiger partial charge on any atom is -0.497 e. The Morgan fingerprint density at radius 1 is 0.839 bits per heavy atom. The van der Waals surface area contributed by atoms with Crippen LogP contribution in [0.1, 0.15) is 32.8 Å². The van der Waals surface area contributed by atoms with Gasteiger partial charge in [0.2, 0.25) is 0 Å². The van der Waals surface area contributed by atoms with Crippen molar-refractivity contribution in [3.8, 4) is 5.75 Å². The average Bonchev–Trinajstić information content (AvgIpc) is 2.83. The molecule has 4 nitrogen and oxygen atoms in total. The van der Waals surface area contributed by atoms with Gasteiger partial charge in [0.1, 0.15) is 5.75 Å². The molecule has 1 heterocycles. The first-order valence-corrected chi connectivity index (χ1v) is 10.3. The van der Waals surface area contributed by atoms with Crippen LogP contribution in [0, 0.1) is 5.92 Å². The van der Waals surface area contributed by atoms with Gasteiger partial charge in [-0.1, -0.05) is 66.7 Å². The van der Waals surface area contributed by atoms with Crippen LogP contribution >= 0.6 is 0 Å². The summed E-state index contributed by atoms with van der Waals surface area (Å²) >= 11 is 0. The maximum Gasteiger partial charge on any atom is 0.166 e. The maximum absolute atomic E-state index is 13.3. The third-order valence-electron chi connectivity index (χ3n) is 5.37. The van der Waals surface area contributed by atoms with E-state index in [4.69, 9.17) is 9.72 Å². The molecule has 0 fully saturated rings. The van der Waals surface area contributed by atoms with Gasteiger partial charge >= 0.3 is 0 Å². The zero-order chi connectivity index (χ0) is 21.6. The summed E-state index contributed by atoms with van der Waals surface area (Å²) < 4.78 is 5.27. The predicted molar refractivity (Wildman–Crippen MR) is 122 cm³/mol. The summed E-state index contributed by atoms with van der Waals surface area (Å²) in [4.78, 5) is 30.9. The SMILES string of the molecule is COc1ccc2nc(CC(CC(=O)c3ccccc3)C(=O)c3ccccc3)ccc2c1. The minimum absolute atomic E-state index is 0.0403. The Morgan fingerprint density at radius 2 is 1.52 bits per heavy atom. The highest BCUT2D eigenvalue weighted by Crippen LogP contribution is 2.23. The van der Waals surface area contributed by atoms with Crippen LogP contribution < -0.4 is 4.74 Å². The van der Waals surface area contributed by atoms with Crippen LogP contribution in [0.15, 0.2) is 91.0 Å². The Kier molecular flexibility index (Phi) is 6.18. The largest absolute Gasteiger partial charge is 0.497 e. The van der Waals surface area contributed by atoms with E-state index in [2.05, 4.69) is 0 Å². The molecule has 4 aromatic rings. The van der Waals surface area contributed by atoms with E-state index in [1.165, 1.54) is 0 Å². The molecule has 0 bridgehead atoms. The second-order valence-electron chi connectivity index (χ2n) is 7.49. The lowest BCUT2D eigenvalue weighted by atomic mass is 9.87. The fourth-order valence-corrected chi connectivity index (χ4v) is 3.70. The van der Waals surface area contributed by atoms with E-state index in [1.807, 2.05) is 66.7 Å². The number of benzene rings is 3. The first-order valence-electron chi connectivity index (χ1n) is 10.3. The van der Waals surface area contributed by atoms with Crippen LogP contribution in [0.4, 0.5) is 0 Å². The van der Waals surface area contributed by atoms with Gasteiger partial charge in [-0.25, -0.2) is 0 Å². The summed E-state index contributed by atoms with van der Waals surface area (Å²) in [6.07, 6.45) is 0.536. The lowest BCUT2D eigenvalue weighted by molar-refractivity contribution is 0.0851. The van der Waals surface area contributed by atoms with Crippen LogP contribution in [0.2, 0.25) is 0 Å². The fraction of sp³-hybridized carbons (Fsp3) is 0.148. The molecule has 0 amide bonds. The van der Waals surface area contributed by atoms with Gasteiger partial charge in [0.05, 0.1) is 12.6 Å². The topological polar surface area (TPSA) is 56.3 Å². The van der Waals surface area contributed by atoms with Crippen LogP contribution in [0.3, 0.4) is 0 Å². The first-order chi connectivity index (χ1) is 15.1. The Labute approximate surface area is 181 Å². The first kappa shape index (κ1) is 20.5. The third-order valence-corrected chi connectivity index (χ3v) is 5.37. The van der Waals surface area contributed by atoms with Crippen molar-refractivity contribution < 1.29 is 14.3 Å². The van der Waals surface area contributed by atoms with Gasteiger partial charge in [0.25, 0.3) is 0 Å². The number of nitrogens with zero attached hydrogens (tertiary/aromatic N) is 1. The molecule has 0 saturated heterocycles. The number of methoxy groups -OCH3 is 1. The highest BCUT2D eigenvalue weighted by molar-refractivity contribution is 6.03. The normalized spacial score (nSPS) is 11.8. The molecule has 0 radical (unpaired) electrons. The number of ether oxygens (including phenoxy) is 1. The fourth-order valence-electron chi connectivity index (χ4n) is 3.70. The van der Waals surface area contributed by atoms with E-state index >= 15 is 0 Å². The molecule has 0 N–H and O–H groups in total. The molecule has 1 unspecified atom stereocenters. The highest BCUT2D eigenvalue weighted by Gasteiger charge is 2.24. The number of carbonyl (C=O) groups is 2. The smallest absolute Gasteiger partial charge is 0.166 e. The number of fused-ring (bicyclic) bond motifs is 1. The molecule has 154 valence electrons. The zero-order valence-electron chi connectivity index (χ0n) is 17.3. The second kappa shape index (κ2) is 9.35. The molecule has 0 aliphatic carbocycles. The summed E-state index contributed by atoms with van der Waals surface area (Å²) in [6, 6.07) is 27.8. The van der Waals surface area contributed by atoms with Gasteiger partial charge in [-0.3, -0.25) is 14.6 Å². The quantitative estimate of drug-likeness (QED) is 0.358. The molecular formula is C27H23NO3. The van der Waals surface area contributed by atoms with Gasteiger partial charge in [-0.2, -0.15) is 0 Å². The number of hydrogen-bond donors (Lipinski definition) is 0. The third kappa shape index (κ3) is 4.86. The summed E-state index contributed by atoms with van der Waals surface area (Å²) in [6.45, 7) is 0. The summed E-state index contributed by atoms with van der Waals surface area (Å²) in [7, 11) is 1.63. The number of rotatable bonds is 8. The van der Waals surface area contributed by atoms with Gasteiger partial charge < -0.3 is 4.74 Å². The van der Waals surface area contributed by atoms with E-state index in [9.17, 15) is 9.59 Å². The predicted octanol–water partition coefficient (Wildman–Crippen LogP) is 5.56. The van der Waals surface area contributed by atoms with Gasteiger partial charge in [0, 0.05) is 41.0 Å². The highest BCUT2D eigenvalue weighted by atomic mass is 16.5. The van der Waals surface area contributed by atoms with E-state index in [0.29, 0.717) is 17.5 Å². The van der Waals surface area contributed by atoms with Crippen molar-refractivity contribution in [2.24, 2.45) is 5.92 Å². The van der Waals surface area contributed by atoms with E-state index < -0.39 is 5.92 Å². The van der Waals surface area contributed by atoms with Gasteiger partial charge in [-0.15, -0.1) is 0 Å². The molecule has 3 aromatic carbocycles. The number of Topliss-reactive ketones (excluding diaryl/α,β-unsaturated/α-hetero) is 2. The molecule has 0 aliphatic heterocycles. The monoisotopic (exact) mass is 409 g/mol. The van der Waals surface area contributed by atoms with Crippen molar-refractivity contribution in [3.05, 3.63) is 108 Å². The second-order valence-corrected chi connectivity index (χ2v) is 7.49. The number of carbonyl (C=O) groups excluding carboxylic acids is 2. The molecule has 1 atom stereocenters. The molecule has 0 aliphatic rings. The number of aromatic nitrogens is 1. The Bertz CT molecular complexity index is 1200. The molecule has 4 heteroatoms. The Balaban J connectivity index is 1.62. The molecule has 0 spiro atoms. The van der Waals surface area contributed by atoms with Crippen molar-refractivity contribution in [3.63, 3.8) is 0 Å². The summed E-state index contributed by atoms with van der Waals surface area (Å²) in [5.41, 5.74) is 2.84. The molecule has 31 heavy (non-hydrogen) atoms. The van der Waals surface area contributed by atoms with Gasteiger partial charge in [0.15, 0.2) is 11.6 Å². The van der Waals surface area contributed by atoms with Crippen LogP contribution in [0.5, 0.6) is 5.75 Å². The maximum atomic E-state index is 13.3. The van der Waals surface area contributed by atoms with Crippen molar-refractivity contribution >= 4 is 22.5 Å². The molecular weight excluding hydrogens is 386 g/mol. The number of pyridine rings is 1. The van der Waals surface area contributed by atoms with Crippen molar-refractivity contribution in [1.82, 2.24) is 4.98 Å². The molecule has 1 aromatic heterocycles. The van der Waals surface area contributed by atoms with Crippen molar-refractivity contribution in [1.29, 1.82) is 0 Å². The van der Waals surface area contributed by atoms with E-state index in [1.54, 1.807) is 31.4 Å². The van der Waals surface area contributed by atoms with E-state index in [-0.39, 0.29) is 18.0 Å². The lowest BCUT2D eigenvalue weighted by Crippen LogP contribution is -2.22. The number of hydrogen-bond acceptors (Lipinski definition) is 4. The van der Waals surface area contributed by atoms with E-state index in [0.717, 1.165) is 22.3 Å². The van der Waals surface area contributed by atoms with Crippen LogP contribution in [-0.4, -0.2) is 23.7 Å². The summed E-state index contributed by atoms with van der Waals surface area (Å²) in [5, 5.41) is 0.967. The zero-order valence-corrected chi connectivity index (χ0v) is 17.3. The Hall–Kier alpha value is -3.79. The van der Waals surface area contributed by atoms with Crippen molar-refractivity contribution in [2.45, 2.75) is 12.8 Å². The lowest BCUT2D eigenvalue weighted by Gasteiger charge is -2.16. The number of ketones is 2. The Morgan fingerprint density at radius 3 is 2.19 bits per heavy atom. The van der Waals surface area contributed by atoms with Crippen molar-refractivity contribution in [2.75, 3.05) is 7.11 Å². The molecule has 4 rings (SSSR count). The minimum atomic E-state index is -0.488. The molecule has 0 saturated carbocycles. The van der Waals surface area contributed by atoms with Crippen LogP contribution in [0.25, 0.3) is 10.9 Å². The van der Waals surface area contributed by atoms with Crippen LogP contribution in [-0.2, 0) is 6.42 Å². The standard InChI is InChI=1S/C27H23NO3/c1-31-24-14-15-25-21(17-24)12-13-23(28-25)16-22(27(30)20-10-6-3-7-11-20)18-26(29)19-8-4-2-5-9-19/h2-15,17,22H,16,18H2,1H3. The van der Waals surface area contributed by atoms with Gasteiger partial charge in [-0.05, 0) is 24.3 Å². The summed E-state index contributed by atoms with van der Waals surface area (Å²) in [5.74, 6) is 0.202. The average molecular weight is 409 g/mol.